The second kappa shape index (κ2) is 11.1. The van der Waals surface area contributed by atoms with E-state index < -0.39 is 10.8 Å². The summed E-state index contributed by atoms with van der Waals surface area (Å²) in [5, 5.41) is 16.1. The van der Waals surface area contributed by atoms with Gasteiger partial charge in [0.05, 0.1) is 16.8 Å². The van der Waals surface area contributed by atoms with Gasteiger partial charge in [0.15, 0.2) is 0 Å². The topological polar surface area (TPSA) is 111 Å². The molecule has 2 amide bonds. The van der Waals surface area contributed by atoms with Crippen LogP contribution in [0.25, 0.3) is 0 Å². The monoisotopic (exact) mass is 465 g/mol. The molecule has 8 nitrogen and oxygen atoms in total. The summed E-state index contributed by atoms with van der Waals surface area (Å²) in [6.07, 6.45) is 0. The number of hydrogen-bond donors (Lipinski definition) is 2. The Balaban J connectivity index is 1.55. The lowest BCUT2D eigenvalue weighted by Gasteiger charge is -2.13. The van der Waals surface area contributed by atoms with Crippen molar-refractivity contribution in [1.82, 2.24) is 0 Å². The van der Waals surface area contributed by atoms with Gasteiger partial charge in [-0.1, -0.05) is 6.07 Å². The number of carbonyl (C=O) groups excluding carboxylic acids is 2. The van der Waals surface area contributed by atoms with Gasteiger partial charge in [-0.05, 0) is 68.4 Å². The summed E-state index contributed by atoms with van der Waals surface area (Å²) < 4.78 is 5.40. The molecule has 170 valence electrons. The number of nitro groups is 1. The Labute approximate surface area is 195 Å². The molecule has 0 saturated carbocycles. The minimum absolute atomic E-state index is 0.132. The molecule has 0 aliphatic heterocycles. The number of rotatable bonds is 9. The van der Waals surface area contributed by atoms with Crippen LogP contribution in [0.3, 0.4) is 0 Å². The average Bonchev–Trinajstić information content (AvgIpc) is 2.81. The molecule has 0 saturated heterocycles. The predicted octanol–water partition coefficient (Wildman–Crippen LogP) is 5.37. The average molecular weight is 466 g/mol. The van der Waals surface area contributed by atoms with Gasteiger partial charge in [0, 0.05) is 34.0 Å². The van der Waals surface area contributed by atoms with Crippen molar-refractivity contribution >= 4 is 40.6 Å². The van der Waals surface area contributed by atoms with Gasteiger partial charge in [-0.25, -0.2) is 0 Å². The maximum Gasteiger partial charge on any atom is 0.270 e. The number of nitrogens with one attached hydrogen (secondary N) is 2. The lowest BCUT2D eigenvalue weighted by Crippen LogP contribution is -2.22. The molecule has 3 rings (SSSR count). The highest BCUT2D eigenvalue weighted by Gasteiger charge is 2.15. The van der Waals surface area contributed by atoms with E-state index >= 15 is 0 Å². The van der Waals surface area contributed by atoms with E-state index in [9.17, 15) is 19.7 Å². The van der Waals surface area contributed by atoms with Crippen LogP contribution in [0.4, 0.5) is 17.1 Å². The molecule has 2 N–H and O–H groups in total. The van der Waals surface area contributed by atoms with E-state index in [1.165, 1.54) is 36.0 Å². The van der Waals surface area contributed by atoms with Crippen LogP contribution in [0.2, 0.25) is 0 Å². The fourth-order valence-electron chi connectivity index (χ4n) is 2.88. The van der Waals surface area contributed by atoms with Crippen LogP contribution >= 0.6 is 11.8 Å². The predicted molar refractivity (Wildman–Crippen MR) is 129 cm³/mol. The number of carbonyl (C=O) groups is 2. The van der Waals surface area contributed by atoms with Gasteiger partial charge in [0.25, 0.3) is 11.6 Å². The van der Waals surface area contributed by atoms with Gasteiger partial charge in [0.2, 0.25) is 5.91 Å². The zero-order valence-corrected chi connectivity index (χ0v) is 18.9. The quantitative estimate of drug-likeness (QED) is 0.250. The number of ether oxygens (including phenoxy) is 1. The molecule has 0 spiro atoms. The van der Waals surface area contributed by atoms with Crippen molar-refractivity contribution in [2.75, 3.05) is 17.2 Å². The van der Waals surface area contributed by atoms with Crippen molar-refractivity contribution in [3.63, 3.8) is 0 Å². The first-order valence-corrected chi connectivity index (χ1v) is 11.1. The van der Waals surface area contributed by atoms with Crippen LogP contribution < -0.4 is 15.4 Å². The Bertz CT molecular complexity index is 1130. The summed E-state index contributed by atoms with van der Waals surface area (Å²) in [7, 11) is 0. The van der Waals surface area contributed by atoms with Crippen molar-refractivity contribution < 1.29 is 19.2 Å². The number of non-ortho nitro benzene ring substituents is 1. The molecule has 9 heteroatoms. The third-order valence-electron chi connectivity index (χ3n) is 4.55. The van der Waals surface area contributed by atoms with Gasteiger partial charge < -0.3 is 15.4 Å². The molecule has 0 aliphatic carbocycles. The highest BCUT2D eigenvalue weighted by Crippen LogP contribution is 2.26. The number of amides is 2. The maximum atomic E-state index is 12.5. The van der Waals surface area contributed by atoms with E-state index in [1.807, 2.05) is 13.8 Å². The number of nitrogens with zero attached hydrogens (tertiary/aromatic N) is 1. The van der Waals surface area contributed by atoms with Crippen molar-refractivity contribution in [3.05, 3.63) is 88.5 Å². The zero-order valence-electron chi connectivity index (χ0n) is 18.1. The fraction of sp³-hybridized carbons (Fsp3) is 0.167. The molecule has 0 fully saturated rings. The molecule has 0 bridgehead atoms. The van der Waals surface area contributed by atoms with Crippen molar-refractivity contribution in [3.8, 4) is 5.75 Å². The van der Waals surface area contributed by atoms with Gasteiger partial charge >= 0.3 is 0 Å². The summed E-state index contributed by atoms with van der Waals surface area (Å²) in [5.74, 6) is 0.171. The van der Waals surface area contributed by atoms with Crippen LogP contribution in [0.15, 0.2) is 77.7 Å². The van der Waals surface area contributed by atoms with E-state index in [0.717, 1.165) is 10.6 Å². The maximum absolute atomic E-state index is 12.5. The molecular formula is C24H23N3O5S. The molecule has 1 unspecified atom stereocenters. The van der Waals surface area contributed by atoms with Crippen molar-refractivity contribution in [1.29, 1.82) is 0 Å². The van der Waals surface area contributed by atoms with Crippen LogP contribution in [-0.4, -0.2) is 28.6 Å². The van der Waals surface area contributed by atoms with E-state index in [2.05, 4.69) is 10.6 Å². The third-order valence-corrected chi connectivity index (χ3v) is 5.66. The zero-order chi connectivity index (χ0) is 23.8. The smallest absolute Gasteiger partial charge is 0.270 e. The lowest BCUT2D eigenvalue weighted by molar-refractivity contribution is -0.384. The van der Waals surface area contributed by atoms with E-state index in [0.29, 0.717) is 18.0 Å². The summed E-state index contributed by atoms with van der Waals surface area (Å²) in [5.41, 5.74) is 1.28. The Kier molecular flexibility index (Phi) is 8.04. The van der Waals surface area contributed by atoms with Crippen LogP contribution in [0.1, 0.15) is 24.2 Å². The van der Waals surface area contributed by atoms with Crippen molar-refractivity contribution in [2.45, 2.75) is 24.0 Å². The second-order valence-corrected chi connectivity index (χ2v) is 8.41. The standard InChI is InChI=1S/C24H23N3O5S/c1-3-32-21-11-7-18(8-12-21)25-23(28)16(2)33-22-13-9-19(10-14-22)26-24(29)17-5-4-6-20(15-17)27(30)31/h4-16H,3H2,1-2H3,(H,25,28)(H,26,29). The molecule has 1 atom stereocenters. The van der Waals surface area contributed by atoms with Gasteiger partial charge in [-0.15, -0.1) is 11.8 Å². The Morgan fingerprint density at radius 3 is 2.27 bits per heavy atom. The molecule has 33 heavy (non-hydrogen) atoms. The number of thioether (sulfide) groups is 1. The highest BCUT2D eigenvalue weighted by atomic mass is 32.2. The first-order chi connectivity index (χ1) is 15.9. The van der Waals surface area contributed by atoms with E-state index in [4.69, 9.17) is 4.74 Å². The van der Waals surface area contributed by atoms with E-state index in [-0.39, 0.29) is 22.4 Å². The first-order valence-electron chi connectivity index (χ1n) is 10.2. The largest absolute Gasteiger partial charge is 0.494 e. The SMILES string of the molecule is CCOc1ccc(NC(=O)C(C)Sc2ccc(NC(=O)c3cccc([N+](=O)[O-])c3)cc2)cc1. The van der Waals surface area contributed by atoms with Gasteiger partial charge in [0.1, 0.15) is 5.75 Å². The van der Waals surface area contributed by atoms with Crippen LogP contribution in [0.5, 0.6) is 5.75 Å². The van der Waals surface area contributed by atoms with E-state index in [1.54, 1.807) is 48.5 Å². The first kappa shape index (κ1) is 23.8. The Morgan fingerprint density at radius 2 is 1.64 bits per heavy atom. The fourth-order valence-corrected chi connectivity index (χ4v) is 3.75. The molecule has 3 aromatic rings. The second-order valence-electron chi connectivity index (χ2n) is 6.99. The number of benzene rings is 3. The van der Waals surface area contributed by atoms with Crippen LogP contribution in [-0.2, 0) is 4.79 Å². The summed E-state index contributed by atoms with van der Waals surface area (Å²) >= 11 is 1.39. The summed E-state index contributed by atoms with van der Waals surface area (Å²) in [6.45, 7) is 4.30. The number of anilines is 2. The number of nitro benzene ring substituents is 1. The molecule has 0 aliphatic rings. The molecule has 0 aromatic heterocycles. The lowest BCUT2D eigenvalue weighted by atomic mass is 10.2. The van der Waals surface area contributed by atoms with Crippen molar-refractivity contribution in [2.24, 2.45) is 0 Å². The molecular weight excluding hydrogens is 442 g/mol. The minimum atomic E-state index is -0.546. The normalized spacial score (nSPS) is 11.3. The summed E-state index contributed by atoms with van der Waals surface area (Å²) in [4.78, 5) is 36.1. The Hall–Kier alpha value is -3.85. The van der Waals surface area contributed by atoms with Crippen LogP contribution in [0, 0.1) is 10.1 Å². The van der Waals surface area contributed by atoms with Gasteiger partial charge in [-0.2, -0.15) is 0 Å². The Morgan fingerprint density at radius 1 is 1.00 bits per heavy atom. The summed E-state index contributed by atoms with van der Waals surface area (Å²) in [6, 6.07) is 19.8. The minimum Gasteiger partial charge on any atom is -0.494 e. The molecule has 0 radical (unpaired) electrons. The number of hydrogen-bond acceptors (Lipinski definition) is 6. The molecule has 0 heterocycles. The third kappa shape index (κ3) is 6.81. The van der Waals surface area contributed by atoms with Gasteiger partial charge in [-0.3, -0.25) is 19.7 Å². The molecule has 3 aromatic carbocycles. The highest BCUT2D eigenvalue weighted by molar-refractivity contribution is 8.00.